The highest BCUT2D eigenvalue weighted by Crippen LogP contribution is 2.30. The van der Waals surface area contributed by atoms with E-state index < -0.39 is 5.60 Å². The van der Waals surface area contributed by atoms with E-state index in [1.165, 1.54) is 0 Å². The van der Waals surface area contributed by atoms with Crippen molar-refractivity contribution >= 4 is 35.6 Å². The summed E-state index contributed by atoms with van der Waals surface area (Å²) in [5.41, 5.74) is 0.357. The molecule has 3 N–H and O–H groups in total. The normalized spacial score (nSPS) is 17.0. The maximum Gasteiger partial charge on any atom is 0.191 e. The van der Waals surface area contributed by atoms with Gasteiger partial charge >= 0.3 is 0 Å². The van der Waals surface area contributed by atoms with Gasteiger partial charge in [0.25, 0.3) is 0 Å². The second kappa shape index (κ2) is 12.3. The largest absolute Gasteiger partial charge is 0.497 e. The zero-order chi connectivity index (χ0) is 20.6. The minimum atomic E-state index is -0.735. The number of aliphatic hydroxyl groups is 1. The van der Waals surface area contributed by atoms with Gasteiger partial charge in [-0.05, 0) is 26.2 Å². The number of halogens is 1. The predicted octanol–water partition coefficient (Wildman–Crippen LogP) is 3.01. The Hall–Kier alpha value is -1.42. The van der Waals surface area contributed by atoms with E-state index >= 15 is 0 Å². The molecule has 8 heteroatoms. The van der Waals surface area contributed by atoms with Crippen LogP contribution in [0, 0.1) is 0 Å². The van der Waals surface area contributed by atoms with Crippen LogP contribution in [0.2, 0.25) is 0 Å². The predicted molar refractivity (Wildman–Crippen MR) is 130 cm³/mol. The van der Waals surface area contributed by atoms with E-state index in [0.29, 0.717) is 19.4 Å². The van der Waals surface area contributed by atoms with Crippen molar-refractivity contribution in [3.05, 3.63) is 18.2 Å². The molecule has 1 aliphatic rings. The number of methoxy groups -OCH3 is 2. The first-order valence-corrected chi connectivity index (χ1v) is 10.2. The quantitative estimate of drug-likeness (QED) is 0.264. The molecule has 0 saturated carbocycles. The first-order valence-electron chi connectivity index (χ1n) is 10.2. The van der Waals surface area contributed by atoms with Gasteiger partial charge in [0.05, 0.1) is 26.4 Å². The summed E-state index contributed by atoms with van der Waals surface area (Å²) in [4.78, 5) is 6.95. The number of rotatable bonds is 9. The van der Waals surface area contributed by atoms with Gasteiger partial charge in [-0.1, -0.05) is 13.8 Å². The van der Waals surface area contributed by atoms with E-state index in [2.05, 4.69) is 20.5 Å². The number of guanidine groups is 1. The van der Waals surface area contributed by atoms with E-state index in [1.807, 2.05) is 39.0 Å². The van der Waals surface area contributed by atoms with Crippen LogP contribution in [0.1, 0.15) is 40.0 Å². The number of anilines is 1. The van der Waals surface area contributed by atoms with Gasteiger partial charge in [0, 0.05) is 49.6 Å². The summed E-state index contributed by atoms with van der Waals surface area (Å²) in [5, 5.41) is 17.3. The standard InChI is InChI=1S/C21H36N4O3.HI/c1-6-21(26,7-2)15-23-20(22-8-3)24-16-9-10-25(14-16)17-11-18(27-4)13-19(12-17)28-5;/h11-13,16,26H,6-10,14-15H2,1-5H3,(H2,22,23,24);1H. The minimum Gasteiger partial charge on any atom is -0.497 e. The molecule has 0 aliphatic carbocycles. The van der Waals surface area contributed by atoms with Crippen molar-refractivity contribution in [3.63, 3.8) is 0 Å². The summed E-state index contributed by atoms with van der Waals surface area (Å²) >= 11 is 0. The Kier molecular flexibility index (Phi) is 10.9. The molecular formula is C21H37IN4O3. The molecule has 1 unspecified atom stereocenters. The van der Waals surface area contributed by atoms with Crippen LogP contribution < -0.4 is 25.0 Å². The molecule has 1 heterocycles. The fraction of sp³-hybridized carbons (Fsp3) is 0.667. The van der Waals surface area contributed by atoms with Gasteiger partial charge in [0.15, 0.2) is 5.96 Å². The van der Waals surface area contributed by atoms with Crippen molar-refractivity contribution in [1.82, 2.24) is 10.6 Å². The summed E-state index contributed by atoms with van der Waals surface area (Å²) in [7, 11) is 3.33. The summed E-state index contributed by atoms with van der Waals surface area (Å²) < 4.78 is 10.8. The summed E-state index contributed by atoms with van der Waals surface area (Å²) in [6.07, 6.45) is 2.40. The van der Waals surface area contributed by atoms with Crippen molar-refractivity contribution in [2.24, 2.45) is 4.99 Å². The number of nitrogens with zero attached hydrogens (tertiary/aromatic N) is 2. The average molecular weight is 520 g/mol. The molecule has 0 aromatic heterocycles. The van der Waals surface area contributed by atoms with Gasteiger partial charge in [0.1, 0.15) is 11.5 Å². The smallest absolute Gasteiger partial charge is 0.191 e. The van der Waals surface area contributed by atoms with Gasteiger partial charge in [-0.2, -0.15) is 0 Å². The number of nitrogens with one attached hydrogen (secondary N) is 2. The lowest BCUT2D eigenvalue weighted by Crippen LogP contribution is -2.45. The molecule has 7 nitrogen and oxygen atoms in total. The van der Waals surface area contributed by atoms with Crippen molar-refractivity contribution in [3.8, 4) is 11.5 Å². The number of benzene rings is 1. The van der Waals surface area contributed by atoms with Gasteiger partial charge < -0.3 is 30.1 Å². The van der Waals surface area contributed by atoms with E-state index in [-0.39, 0.29) is 30.0 Å². The van der Waals surface area contributed by atoms with Crippen molar-refractivity contribution < 1.29 is 14.6 Å². The van der Waals surface area contributed by atoms with Crippen molar-refractivity contribution in [2.75, 3.05) is 45.3 Å². The molecule has 1 saturated heterocycles. The lowest BCUT2D eigenvalue weighted by atomic mass is 9.98. The Morgan fingerprint density at radius 3 is 2.31 bits per heavy atom. The van der Waals surface area contributed by atoms with Gasteiger partial charge in [-0.15, -0.1) is 24.0 Å². The lowest BCUT2D eigenvalue weighted by Gasteiger charge is -2.24. The van der Waals surface area contributed by atoms with E-state index in [9.17, 15) is 5.11 Å². The molecule has 1 aromatic carbocycles. The highest BCUT2D eigenvalue weighted by Gasteiger charge is 2.25. The molecule has 0 radical (unpaired) electrons. The van der Waals surface area contributed by atoms with Crippen LogP contribution >= 0.6 is 24.0 Å². The maximum absolute atomic E-state index is 10.5. The zero-order valence-electron chi connectivity index (χ0n) is 18.3. The first kappa shape index (κ1) is 25.6. The van der Waals surface area contributed by atoms with Gasteiger partial charge in [-0.3, -0.25) is 4.99 Å². The van der Waals surface area contributed by atoms with E-state index in [0.717, 1.165) is 49.2 Å². The number of hydrogen-bond donors (Lipinski definition) is 3. The Labute approximate surface area is 192 Å². The number of aliphatic imine (C=N–C) groups is 1. The maximum atomic E-state index is 10.5. The Morgan fingerprint density at radius 1 is 1.17 bits per heavy atom. The van der Waals surface area contributed by atoms with Crippen LogP contribution in [0.25, 0.3) is 0 Å². The minimum absolute atomic E-state index is 0. The zero-order valence-corrected chi connectivity index (χ0v) is 20.7. The third-order valence-electron chi connectivity index (χ3n) is 5.42. The molecule has 0 amide bonds. The van der Waals surface area contributed by atoms with Crippen LogP contribution in [0.3, 0.4) is 0 Å². The van der Waals surface area contributed by atoms with E-state index in [4.69, 9.17) is 9.47 Å². The van der Waals surface area contributed by atoms with Crippen LogP contribution in [0.15, 0.2) is 23.2 Å². The lowest BCUT2D eigenvalue weighted by molar-refractivity contribution is 0.0418. The molecule has 166 valence electrons. The van der Waals surface area contributed by atoms with Gasteiger partial charge in [0.2, 0.25) is 0 Å². The third-order valence-corrected chi connectivity index (χ3v) is 5.42. The highest BCUT2D eigenvalue weighted by molar-refractivity contribution is 14.0. The number of hydrogen-bond acceptors (Lipinski definition) is 5. The van der Waals surface area contributed by atoms with Crippen LogP contribution in [-0.2, 0) is 0 Å². The molecule has 2 rings (SSSR count). The van der Waals surface area contributed by atoms with Crippen LogP contribution in [0.5, 0.6) is 11.5 Å². The molecule has 29 heavy (non-hydrogen) atoms. The Morgan fingerprint density at radius 2 is 1.79 bits per heavy atom. The highest BCUT2D eigenvalue weighted by atomic mass is 127. The molecule has 1 aromatic rings. The second-order valence-corrected chi connectivity index (χ2v) is 7.27. The monoisotopic (exact) mass is 520 g/mol. The van der Waals surface area contributed by atoms with Crippen molar-refractivity contribution in [2.45, 2.75) is 51.7 Å². The SMILES string of the molecule is CCNC(=NCC(O)(CC)CC)NC1CCN(c2cc(OC)cc(OC)c2)C1.I. The third kappa shape index (κ3) is 7.40. The summed E-state index contributed by atoms with van der Waals surface area (Å²) in [6.45, 7) is 9.04. The molecule has 0 spiro atoms. The summed E-state index contributed by atoms with van der Waals surface area (Å²) in [6, 6.07) is 6.24. The fourth-order valence-corrected chi connectivity index (χ4v) is 3.30. The fourth-order valence-electron chi connectivity index (χ4n) is 3.30. The van der Waals surface area contributed by atoms with E-state index in [1.54, 1.807) is 14.2 Å². The topological polar surface area (TPSA) is 78.4 Å². The van der Waals surface area contributed by atoms with Crippen LogP contribution in [0.4, 0.5) is 5.69 Å². The van der Waals surface area contributed by atoms with Crippen LogP contribution in [-0.4, -0.2) is 63.1 Å². The first-order chi connectivity index (χ1) is 13.5. The summed E-state index contributed by atoms with van der Waals surface area (Å²) in [5.74, 6) is 2.34. The second-order valence-electron chi connectivity index (χ2n) is 7.27. The molecule has 1 fully saturated rings. The van der Waals surface area contributed by atoms with Gasteiger partial charge in [-0.25, -0.2) is 0 Å². The molecule has 1 atom stereocenters. The molecule has 0 bridgehead atoms. The average Bonchev–Trinajstić information content (AvgIpc) is 3.20. The van der Waals surface area contributed by atoms with Crippen molar-refractivity contribution in [1.29, 1.82) is 0 Å². The molecular weight excluding hydrogens is 483 g/mol. The number of ether oxygens (including phenoxy) is 2. The Balaban J connectivity index is 0.00000420. The molecule has 1 aliphatic heterocycles. The Bertz CT molecular complexity index is 631.